The minimum absolute atomic E-state index is 0.0756. The highest BCUT2D eigenvalue weighted by molar-refractivity contribution is 7.48. The van der Waals surface area contributed by atoms with Gasteiger partial charge in [-0.25, -0.2) is 4.57 Å². The zero-order valence-corrected chi connectivity index (χ0v) is 93.2. The van der Waals surface area contributed by atoms with Crippen molar-refractivity contribution in [3.05, 3.63) is 179 Å². The number of phosphoric acid groups is 1. The van der Waals surface area contributed by atoms with E-state index >= 15 is 18.9 Å². The molecule has 0 radical (unpaired) electrons. The molecule has 0 bridgehead atoms. The normalized spacial score (nSPS) is 19.5. The van der Waals surface area contributed by atoms with E-state index in [9.17, 15) is 14.7 Å². The Labute approximate surface area is 893 Å². The number of amides is 2. The smallest absolute Gasteiger partial charge is 0.462 e. The summed E-state index contributed by atoms with van der Waals surface area (Å²) in [6, 6.07) is 43.5. The number of esters is 3. The van der Waals surface area contributed by atoms with Crippen LogP contribution in [-0.4, -0.2) is 140 Å². The Kier molecular flexibility index (Phi) is 69.1. The standard InChI is InChI=1S/C124H197N2O21P/c1-7-13-19-25-31-35-41-45-63-81-106(142-114(129)85-67-49-39-29-23-17-11-5)87-88-135-121-118(126-113(128)90-109(84-66-48-44-38-34-28-22-16-10-4)143-115(130)86-68-50-40-30-24-18-12-6)124(145-110(98-134-92-100-71-55-51-56-72-100)120(121)147-148(133)140-96-104-79-69-70-80-105(104)97-141-148)139-99-111-119(138-95-103-77-61-54-62-78-103)122(146-116(131)91-108(137-94-102-75-59-53-60-76-102)83-65-47-43-37-33-27-21-15-9-3)117(123(132)144-111)125-112(127)89-107(136-93-101-73-57-52-58-74-101)82-64-46-42-36-32-26-20-14-8-2/h51-62,69-80,106-111,117-124,132H,7-50,63-68,81-99H2,1-6H3,(H,125,127)(H,126,128)/t106-,107-,108-,109-,110-,111-,117-,118-,119-,120-,121-,122-,123+,124-/m1/s1. The summed E-state index contributed by atoms with van der Waals surface area (Å²) in [6.07, 6.45) is 41.2. The number of carbonyl (C=O) groups excluding carboxylic acids is 5. The largest absolute Gasteiger partial charge is 0.475 e. The monoisotopic (exact) mass is 2080 g/mol. The topological polar surface area (TPSA) is 276 Å². The third kappa shape index (κ3) is 55.3. The van der Waals surface area contributed by atoms with Crippen molar-refractivity contribution >= 4 is 37.5 Å². The van der Waals surface area contributed by atoms with Gasteiger partial charge in [0.05, 0.1) is 90.9 Å². The van der Waals surface area contributed by atoms with Crippen molar-refractivity contribution < 1.29 is 99.3 Å². The molecule has 148 heavy (non-hydrogen) atoms. The number of aliphatic hydroxyl groups is 1. The van der Waals surface area contributed by atoms with E-state index in [0.717, 1.165) is 220 Å². The molecule has 5 aromatic rings. The molecule has 2 fully saturated rings. The maximum absolute atomic E-state index is 16.2. The van der Waals surface area contributed by atoms with Crippen molar-refractivity contribution in [2.24, 2.45) is 0 Å². The van der Waals surface area contributed by atoms with Gasteiger partial charge in [-0.3, -0.25) is 37.5 Å². The molecule has 8 rings (SSSR count). The lowest BCUT2D eigenvalue weighted by atomic mass is 9.94. The first-order valence-corrected chi connectivity index (χ1v) is 60.7. The highest BCUT2D eigenvalue weighted by atomic mass is 31.2. The second-order valence-electron chi connectivity index (χ2n) is 42.2. The van der Waals surface area contributed by atoms with Gasteiger partial charge in [-0.2, -0.15) is 0 Å². The van der Waals surface area contributed by atoms with Gasteiger partial charge in [-0.15, -0.1) is 0 Å². The van der Waals surface area contributed by atoms with Crippen LogP contribution in [0.25, 0.3) is 0 Å². The number of hydrogen-bond acceptors (Lipinski definition) is 21. The van der Waals surface area contributed by atoms with Crippen molar-refractivity contribution in [1.82, 2.24) is 10.6 Å². The number of phosphoric ester groups is 1. The SMILES string of the molecule is CCCCCCCCCCC[C@H](CC(=O)N[C@@H]1[C@@H](OC(=O)C[C@@H](CCCCCCCCCCC)OCc2ccccc2)[C@H](OCc2ccccc2)[C@@H](CO[C@@H]2O[C@H](COCc3ccccc3)[C@@H](OP3(=O)OCc4ccccc4CO3)[C@H](OCC[C@@H](CCCCCCCCCCC)OC(=O)CCCCCCCCC)[C@H]2NC(=O)C[C@@H](CCCCCCCCCCC)OC(=O)CCCCCCCCC)O[C@@H]1O)OCc1ccccc1. The minimum atomic E-state index is -4.71. The van der Waals surface area contributed by atoms with Crippen LogP contribution < -0.4 is 10.6 Å². The van der Waals surface area contributed by atoms with Gasteiger partial charge in [0.25, 0.3) is 0 Å². The zero-order chi connectivity index (χ0) is 105. The van der Waals surface area contributed by atoms with E-state index in [1.807, 2.05) is 146 Å². The molecule has 3 N–H and O–H groups in total. The van der Waals surface area contributed by atoms with E-state index in [1.54, 1.807) is 0 Å². The predicted octanol–water partition coefficient (Wildman–Crippen LogP) is 30.3. The number of aliphatic hydroxyl groups excluding tert-OH is 1. The minimum Gasteiger partial charge on any atom is -0.462 e. The van der Waals surface area contributed by atoms with Gasteiger partial charge in [-0.1, -0.05) is 482 Å². The number of nitrogens with one attached hydrogen (secondary N) is 2. The van der Waals surface area contributed by atoms with Crippen LogP contribution in [0, 0.1) is 0 Å². The average Bonchev–Trinajstić information content (AvgIpc) is 0.892. The molecule has 2 saturated heterocycles. The molecule has 0 spiro atoms. The number of carbonyl (C=O) groups is 5. The Balaban J connectivity index is 1.24. The van der Waals surface area contributed by atoms with Gasteiger partial charge in [0.15, 0.2) is 18.7 Å². The van der Waals surface area contributed by atoms with E-state index in [0.29, 0.717) is 44.9 Å². The third-order valence-corrected chi connectivity index (χ3v) is 30.6. The second kappa shape index (κ2) is 80.9. The Morgan fingerprint density at radius 3 is 1.10 bits per heavy atom. The Bertz CT molecular complexity index is 4170. The van der Waals surface area contributed by atoms with Gasteiger partial charge < -0.3 is 67.8 Å². The predicted molar refractivity (Wildman–Crippen MR) is 589 cm³/mol. The van der Waals surface area contributed by atoms with Gasteiger partial charge in [0.2, 0.25) is 11.8 Å². The van der Waals surface area contributed by atoms with E-state index in [4.69, 9.17) is 65.7 Å². The summed E-state index contributed by atoms with van der Waals surface area (Å²) >= 11 is 0. The van der Waals surface area contributed by atoms with E-state index in [2.05, 4.69) is 52.2 Å². The summed E-state index contributed by atoms with van der Waals surface area (Å²) in [4.78, 5) is 76.1. The van der Waals surface area contributed by atoms with Crippen LogP contribution in [0.4, 0.5) is 0 Å². The van der Waals surface area contributed by atoms with Crippen LogP contribution in [0.3, 0.4) is 0 Å². The lowest BCUT2D eigenvalue weighted by Crippen LogP contribution is -2.68. The Morgan fingerprint density at radius 2 is 0.676 bits per heavy atom. The maximum Gasteiger partial charge on any atom is 0.475 e. The fourth-order valence-corrected chi connectivity index (χ4v) is 21.6. The molecule has 834 valence electrons. The molecule has 0 aromatic heterocycles. The Hall–Kier alpha value is -6.80. The molecule has 2 amide bonds. The average molecular weight is 2080 g/mol. The highest BCUT2D eigenvalue weighted by Crippen LogP contribution is 2.55. The summed E-state index contributed by atoms with van der Waals surface area (Å²) in [7, 11) is -4.71. The lowest BCUT2D eigenvalue weighted by Gasteiger charge is -2.48. The van der Waals surface area contributed by atoms with Crippen LogP contribution in [0.15, 0.2) is 146 Å². The fraction of sp³-hybridized carbons (Fsp3) is 0.718. The first-order chi connectivity index (χ1) is 72.6. The molecule has 3 aliphatic heterocycles. The molecule has 23 nitrogen and oxygen atoms in total. The number of ether oxygens (including phenoxy) is 11. The number of rotatable bonds is 89. The summed E-state index contributed by atoms with van der Waals surface area (Å²) in [6.45, 7) is 12.6. The van der Waals surface area contributed by atoms with Crippen LogP contribution in [0.2, 0.25) is 0 Å². The maximum atomic E-state index is 16.2. The van der Waals surface area contributed by atoms with Crippen molar-refractivity contribution in [3.63, 3.8) is 0 Å². The number of benzene rings is 5. The number of hydrogen-bond donors (Lipinski definition) is 3. The molecule has 24 heteroatoms. The third-order valence-electron chi connectivity index (χ3n) is 29.2. The van der Waals surface area contributed by atoms with Crippen LogP contribution in [0.5, 0.6) is 0 Å². The second-order valence-corrected chi connectivity index (χ2v) is 43.8. The molecular formula is C124H197N2O21P. The number of fused-ring (bicyclic) bond motifs is 1. The van der Waals surface area contributed by atoms with E-state index < -0.39 is 118 Å². The Morgan fingerprint density at radius 1 is 0.331 bits per heavy atom. The molecule has 14 atom stereocenters. The molecule has 5 aromatic carbocycles. The quantitative estimate of drug-likeness (QED) is 0.0141. The van der Waals surface area contributed by atoms with Crippen molar-refractivity contribution in [2.45, 2.75) is 552 Å². The van der Waals surface area contributed by atoms with Crippen molar-refractivity contribution in [2.75, 3.05) is 19.8 Å². The van der Waals surface area contributed by atoms with Gasteiger partial charge in [0, 0.05) is 19.3 Å². The molecule has 0 aliphatic carbocycles. The summed E-state index contributed by atoms with van der Waals surface area (Å²) in [5.41, 5.74) is 4.95. The van der Waals surface area contributed by atoms with Crippen LogP contribution >= 0.6 is 7.82 Å². The van der Waals surface area contributed by atoms with E-state index in [1.165, 1.54) is 116 Å². The van der Waals surface area contributed by atoms with Gasteiger partial charge in [0.1, 0.15) is 54.8 Å². The lowest BCUT2D eigenvalue weighted by molar-refractivity contribution is -0.306. The first kappa shape index (κ1) is 126. The fourth-order valence-electron chi connectivity index (χ4n) is 20.2. The van der Waals surface area contributed by atoms with Crippen LogP contribution in [-0.2, 0) is 134 Å². The van der Waals surface area contributed by atoms with Crippen molar-refractivity contribution in [1.29, 1.82) is 0 Å². The molecule has 0 unspecified atom stereocenters. The first-order valence-electron chi connectivity index (χ1n) is 59.2. The van der Waals surface area contributed by atoms with Crippen molar-refractivity contribution in [3.8, 4) is 0 Å². The molecule has 0 saturated carbocycles. The molecule has 3 heterocycles. The van der Waals surface area contributed by atoms with Gasteiger partial charge >= 0.3 is 25.7 Å². The number of unbranched alkanes of at least 4 members (excludes halogenated alkanes) is 44. The molecular weight excluding hydrogens is 1880 g/mol. The van der Waals surface area contributed by atoms with Gasteiger partial charge in [-0.05, 0) is 84.7 Å². The highest BCUT2D eigenvalue weighted by Gasteiger charge is 2.55. The summed E-state index contributed by atoms with van der Waals surface area (Å²) in [5.74, 6) is -2.38. The van der Waals surface area contributed by atoms with E-state index in [-0.39, 0.29) is 103 Å². The molecule has 3 aliphatic rings. The summed E-state index contributed by atoms with van der Waals surface area (Å²) in [5, 5.41) is 19.7. The van der Waals surface area contributed by atoms with Crippen LogP contribution in [0.1, 0.15) is 460 Å². The zero-order valence-electron chi connectivity index (χ0n) is 92.3. The summed E-state index contributed by atoms with van der Waals surface area (Å²) < 4.78 is 112.